The van der Waals surface area contributed by atoms with Crippen molar-refractivity contribution < 1.29 is 29.4 Å². The van der Waals surface area contributed by atoms with Crippen LogP contribution in [0.4, 0.5) is 0 Å². The fraction of sp³-hybridized carbons (Fsp3) is 0.429. The average Bonchev–Trinajstić information content (AvgIpc) is 2.93. The van der Waals surface area contributed by atoms with Crippen LogP contribution in [0.1, 0.15) is 99.8 Å². The van der Waals surface area contributed by atoms with Crippen molar-refractivity contribution in [3.8, 4) is 0 Å². The van der Waals surface area contributed by atoms with E-state index in [9.17, 15) is 19.2 Å². The highest BCUT2D eigenvalue weighted by atomic mass is 16.4. The molecule has 4 N–H and O–H groups in total. The summed E-state index contributed by atoms with van der Waals surface area (Å²) < 4.78 is 0. The van der Waals surface area contributed by atoms with Crippen LogP contribution in [0.5, 0.6) is 0 Å². The minimum Gasteiger partial charge on any atom is -0.481 e. The quantitative estimate of drug-likeness (QED) is 0.155. The number of carbonyl (C=O) groups excluding carboxylic acids is 2. The molecule has 0 unspecified atom stereocenters. The Balaban J connectivity index is 0.000000571. The number of aromatic nitrogens is 2. The topological polar surface area (TPSA) is 183 Å². The molecule has 12 heteroatoms. The van der Waals surface area contributed by atoms with Gasteiger partial charge in [0, 0.05) is 49.1 Å². The number of carbonyl (C=O) groups is 4. The summed E-state index contributed by atoms with van der Waals surface area (Å²) in [6.07, 6.45) is 12.0. The summed E-state index contributed by atoms with van der Waals surface area (Å²) in [5, 5.41) is 24.3. The minimum absolute atomic E-state index is 0.241. The second-order valence-electron chi connectivity index (χ2n) is 8.89. The first-order valence-electron chi connectivity index (χ1n) is 12.9. The molecule has 2 heterocycles. The molecule has 0 aliphatic rings. The lowest BCUT2D eigenvalue weighted by molar-refractivity contribution is -0.138. The van der Waals surface area contributed by atoms with Gasteiger partial charge in [-0.2, -0.15) is 10.2 Å². The van der Waals surface area contributed by atoms with Gasteiger partial charge in [-0.15, -0.1) is 0 Å². The fourth-order valence-corrected chi connectivity index (χ4v) is 2.71. The first-order valence-corrected chi connectivity index (χ1v) is 12.9. The zero-order chi connectivity index (χ0) is 30.2. The van der Waals surface area contributed by atoms with E-state index in [2.05, 4.69) is 31.0 Å². The maximum absolute atomic E-state index is 11.3. The number of nitrogens with one attached hydrogen (secondary N) is 2. The van der Waals surface area contributed by atoms with E-state index >= 15 is 0 Å². The lowest BCUT2D eigenvalue weighted by Crippen LogP contribution is -2.18. The highest BCUT2D eigenvalue weighted by Crippen LogP contribution is 2.08. The van der Waals surface area contributed by atoms with Crippen LogP contribution in [0.15, 0.2) is 59.3 Å². The van der Waals surface area contributed by atoms with Crippen LogP contribution < -0.4 is 10.9 Å². The second-order valence-corrected chi connectivity index (χ2v) is 8.89. The van der Waals surface area contributed by atoms with Crippen molar-refractivity contribution >= 4 is 35.2 Å². The van der Waals surface area contributed by atoms with Gasteiger partial charge in [-0.1, -0.05) is 25.7 Å². The molecule has 2 aromatic heterocycles. The fourth-order valence-electron chi connectivity index (χ4n) is 2.71. The number of amides is 2. The molecular formula is C28H40N6O6. The zero-order valence-corrected chi connectivity index (χ0v) is 23.6. The lowest BCUT2D eigenvalue weighted by Gasteiger charge is -1.98. The average molecular weight is 557 g/mol. The van der Waals surface area contributed by atoms with Crippen LogP contribution in [0, 0.1) is 0 Å². The number of nitrogens with zero attached hydrogens (tertiary/aromatic N) is 4. The number of carboxylic acid groups (broad SMARTS) is 2. The number of rotatable bonds is 13. The summed E-state index contributed by atoms with van der Waals surface area (Å²) in [5.74, 6) is -1.96. The van der Waals surface area contributed by atoms with Crippen LogP contribution in [-0.4, -0.2) is 55.4 Å². The van der Waals surface area contributed by atoms with Crippen LogP contribution in [0.3, 0.4) is 0 Å². The molecule has 2 rings (SSSR count). The van der Waals surface area contributed by atoms with E-state index in [1.165, 1.54) is 12.4 Å². The lowest BCUT2D eigenvalue weighted by atomic mass is 10.1. The largest absolute Gasteiger partial charge is 0.481 e. The van der Waals surface area contributed by atoms with Crippen LogP contribution in [-0.2, 0) is 9.59 Å². The molecule has 40 heavy (non-hydrogen) atoms. The van der Waals surface area contributed by atoms with E-state index in [0.717, 1.165) is 49.9 Å². The third-order valence-electron chi connectivity index (χ3n) is 4.64. The molecule has 2 amide bonds. The van der Waals surface area contributed by atoms with Crippen molar-refractivity contribution in [2.45, 2.75) is 79.1 Å². The normalized spacial score (nSPS) is 9.40. The van der Waals surface area contributed by atoms with E-state index < -0.39 is 11.9 Å². The maximum atomic E-state index is 11.3. The molecule has 218 valence electrons. The molecule has 0 bridgehead atoms. The Morgan fingerprint density at radius 2 is 1.00 bits per heavy atom. The molecule has 0 radical (unpaired) electrons. The zero-order valence-electron chi connectivity index (χ0n) is 23.6. The van der Waals surface area contributed by atoms with Crippen LogP contribution >= 0.6 is 0 Å². The smallest absolute Gasteiger partial charge is 0.303 e. The van der Waals surface area contributed by atoms with Gasteiger partial charge in [0.1, 0.15) is 0 Å². The van der Waals surface area contributed by atoms with Crippen LogP contribution in [0.2, 0.25) is 0 Å². The van der Waals surface area contributed by atoms with Gasteiger partial charge in [-0.25, -0.2) is 10.9 Å². The van der Waals surface area contributed by atoms with Crippen molar-refractivity contribution in [3.63, 3.8) is 0 Å². The second kappa shape index (κ2) is 22.5. The first kappa shape index (κ1) is 35.5. The monoisotopic (exact) mass is 556 g/mol. The summed E-state index contributed by atoms with van der Waals surface area (Å²) in [7, 11) is 0. The van der Waals surface area contributed by atoms with E-state index in [-0.39, 0.29) is 24.7 Å². The maximum Gasteiger partial charge on any atom is 0.303 e. The van der Waals surface area contributed by atoms with Crippen molar-refractivity contribution in [1.82, 2.24) is 20.8 Å². The number of unbranched alkanes of at least 4 members (excludes halogenated alkanes) is 5. The van der Waals surface area contributed by atoms with Gasteiger partial charge in [-0.3, -0.25) is 29.1 Å². The van der Waals surface area contributed by atoms with Crippen molar-refractivity contribution in [1.29, 1.82) is 0 Å². The van der Waals surface area contributed by atoms with Crippen molar-refractivity contribution in [2.75, 3.05) is 0 Å². The number of hydrogen-bond acceptors (Lipinski definition) is 8. The molecule has 0 aromatic carbocycles. The van der Waals surface area contributed by atoms with Gasteiger partial charge < -0.3 is 10.2 Å². The molecule has 0 fully saturated rings. The molecule has 0 aliphatic carbocycles. The molecule has 0 saturated carbocycles. The number of hydrazone groups is 2. The number of aliphatic carboxylic acids is 2. The Kier molecular flexibility index (Phi) is 20.0. The minimum atomic E-state index is -0.740. The van der Waals surface area contributed by atoms with Gasteiger partial charge in [-0.05, 0) is 64.8 Å². The molecule has 0 saturated heterocycles. The van der Waals surface area contributed by atoms with Gasteiger partial charge in [0.2, 0.25) is 0 Å². The van der Waals surface area contributed by atoms with E-state index in [0.29, 0.717) is 11.1 Å². The molecule has 2 aromatic rings. The Morgan fingerprint density at radius 3 is 1.27 bits per heavy atom. The molecular weight excluding hydrogens is 516 g/mol. The van der Waals surface area contributed by atoms with Gasteiger partial charge >= 0.3 is 11.9 Å². The molecule has 0 aliphatic heterocycles. The summed E-state index contributed by atoms with van der Waals surface area (Å²) in [6, 6.07) is 6.78. The number of pyridine rings is 2. The van der Waals surface area contributed by atoms with Gasteiger partial charge in [0.05, 0.1) is 11.1 Å². The Morgan fingerprint density at radius 1 is 0.650 bits per heavy atom. The van der Waals surface area contributed by atoms with E-state index in [1.807, 2.05) is 27.7 Å². The predicted molar refractivity (Wildman–Crippen MR) is 153 cm³/mol. The number of hydrogen-bond donors (Lipinski definition) is 4. The van der Waals surface area contributed by atoms with Crippen LogP contribution in [0.25, 0.3) is 0 Å². The van der Waals surface area contributed by atoms with Crippen molar-refractivity contribution in [3.05, 3.63) is 60.2 Å². The van der Waals surface area contributed by atoms with E-state index in [1.54, 1.807) is 36.7 Å². The Labute approximate surface area is 235 Å². The summed E-state index contributed by atoms with van der Waals surface area (Å²) in [4.78, 5) is 50.5. The summed E-state index contributed by atoms with van der Waals surface area (Å²) in [5.41, 5.74) is 7.43. The standard InChI is InChI=1S/C10H18O4.2C9H11N3O/c11-9(12)7-5-3-1-2-4-6-8-10(13)14;2*1-7(2)11-12-9(13)8-4-3-5-10-6-8/h1-8H2,(H,11,12)(H,13,14);2*3-6H,1-2H3,(H,12,13). The molecule has 0 spiro atoms. The first-order chi connectivity index (χ1) is 19.0. The predicted octanol–water partition coefficient (Wildman–Crippen LogP) is 4.69. The SMILES string of the molecule is CC(C)=NNC(=O)c1cccnc1.CC(C)=NNC(=O)c1cccnc1.O=C(O)CCCCCCCCC(=O)O. The third kappa shape index (κ3) is 21.6. The molecule has 12 nitrogen and oxygen atoms in total. The van der Waals surface area contributed by atoms with Gasteiger partial charge in [0.15, 0.2) is 0 Å². The highest BCUT2D eigenvalue weighted by Gasteiger charge is 2.03. The number of carboxylic acids is 2. The van der Waals surface area contributed by atoms with Gasteiger partial charge in [0.25, 0.3) is 11.8 Å². The highest BCUT2D eigenvalue weighted by molar-refractivity contribution is 5.95. The Bertz CT molecular complexity index is 995. The summed E-state index contributed by atoms with van der Waals surface area (Å²) in [6.45, 7) is 7.24. The van der Waals surface area contributed by atoms with E-state index in [4.69, 9.17) is 10.2 Å². The summed E-state index contributed by atoms with van der Waals surface area (Å²) >= 11 is 0. The van der Waals surface area contributed by atoms with Crippen molar-refractivity contribution in [2.24, 2.45) is 10.2 Å². The molecule has 0 atom stereocenters. The Hall–Kier alpha value is -4.48. The third-order valence-corrected chi connectivity index (χ3v) is 4.64.